The zero-order valence-corrected chi connectivity index (χ0v) is 19.5. The fraction of sp³-hybridized carbons (Fsp3) is 0.500. The van der Waals surface area contributed by atoms with Crippen LogP contribution in [0, 0.1) is 0 Å². The number of halogens is 1. The lowest BCUT2D eigenvalue weighted by Crippen LogP contribution is -2.33. The molecule has 2 aromatic rings. The Bertz CT molecular complexity index is 1160. The molecule has 32 heavy (non-hydrogen) atoms. The van der Waals surface area contributed by atoms with E-state index in [9.17, 15) is 28.8 Å². The standard InChI is InChI=1S/C10H15BrN5O13P3/c11-10-15-4-7(12)13-2-14-8(4)16(10)9-6(18)5(17)3(27-9)1-26-31(22,23)29-32(24,25)28-30(19,20)21/h2-3,5-6,9,17-18H,1H2,(H,22,23)(H,24,25)(H2,12,13,14)(H2,19,20,21). The van der Waals surface area contributed by atoms with Gasteiger partial charge in [-0.05, 0) is 15.9 Å². The molecule has 3 rings (SSSR count). The van der Waals surface area contributed by atoms with Crippen molar-refractivity contribution in [3.8, 4) is 0 Å². The molecule has 0 saturated carbocycles. The van der Waals surface area contributed by atoms with Crippen molar-refractivity contribution in [2.45, 2.75) is 24.5 Å². The first-order valence-corrected chi connectivity index (χ1v) is 13.4. The number of aliphatic hydroxyl groups excluding tert-OH is 2. The van der Waals surface area contributed by atoms with E-state index in [-0.39, 0.29) is 21.7 Å². The van der Waals surface area contributed by atoms with Gasteiger partial charge in [-0.1, -0.05) is 0 Å². The van der Waals surface area contributed by atoms with Crippen molar-refractivity contribution in [1.29, 1.82) is 0 Å². The molecule has 0 aromatic carbocycles. The van der Waals surface area contributed by atoms with Crippen LogP contribution in [0.25, 0.3) is 11.2 Å². The summed E-state index contributed by atoms with van der Waals surface area (Å²) in [5, 5.41) is 20.6. The summed E-state index contributed by atoms with van der Waals surface area (Å²) in [6, 6.07) is 0. The molecule has 0 aliphatic carbocycles. The van der Waals surface area contributed by atoms with Crippen molar-refractivity contribution in [3.05, 3.63) is 11.1 Å². The number of nitrogens with two attached hydrogens (primary N) is 1. The predicted octanol–water partition coefficient (Wildman–Crippen LogP) is -0.867. The van der Waals surface area contributed by atoms with Crippen LogP contribution in [0.15, 0.2) is 11.1 Å². The third kappa shape index (κ3) is 5.78. The summed E-state index contributed by atoms with van der Waals surface area (Å²) in [6.45, 7) is -0.972. The topological polar surface area (TPSA) is 279 Å². The molecular formula is C10H15BrN5O13P3. The van der Waals surface area contributed by atoms with E-state index >= 15 is 0 Å². The number of ether oxygens (including phenoxy) is 1. The van der Waals surface area contributed by atoms with E-state index in [2.05, 4.69) is 44.0 Å². The van der Waals surface area contributed by atoms with Gasteiger partial charge in [-0.3, -0.25) is 9.09 Å². The number of rotatable bonds is 8. The Morgan fingerprint density at radius 2 is 1.75 bits per heavy atom. The molecule has 1 aliphatic heterocycles. The molecular weight excluding hydrogens is 571 g/mol. The maximum Gasteiger partial charge on any atom is 0.490 e. The van der Waals surface area contributed by atoms with E-state index in [0.717, 1.165) is 6.33 Å². The summed E-state index contributed by atoms with van der Waals surface area (Å²) in [7, 11) is -16.7. The number of phosphoric acid groups is 3. The lowest BCUT2D eigenvalue weighted by Gasteiger charge is -2.19. The number of fused-ring (bicyclic) bond motifs is 1. The van der Waals surface area contributed by atoms with Gasteiger partial charge >= 0.3 is 23.5 Å². The minimum absolute atomic E-state index is 0.0201. The van der Waals surface area contributed by atoms with Gasteiger partial charge in [-0.25, -0.2) is 28.6 Å². The molecule has 180 valence electrons. The second-order valence-electron chi connectivity index (χ2n) is 6.11. The fourth-order valence-corrected chi connectivity index (χ4v) is 6.25. The molecule has 0 radical (unpaired) electrons. The van der Waals surface area contributed by atoms with Crippen LogP contribution < -0.4 is 5.73 Å². The summed E-state index contributed by atoms with van der Waals surface area (Å²) in [4.78, 5) is 47.5. The minimum Gasteiger partial charge on any atom is -0.387 e. The number of hydrogen-bond acceptors (Lipinski definition) is 13. The number of hydrogen-bond donors (Lipinski definition) is 7. The summed E-state index contributed by atoms with van der Waals surface area (Å²) in [5.41, 5.74) is 5.99. The summed E-state index contributed by atoms with van der Waals surface area (Å²) < 4.78 is 52.2. The maximum absolute atomic E-state index is 11.8. The number of nitrogen functional groups attached to an aromatic ring is 1. The van der Waals surface area contributed by atoms with Crippen molar-refractivity contribution >= 4 is 56.4 Å². The highest BCUT2D eigenvalue weighted by Gasteiger charge is 2.47. The molecule has 6 unspecified atom stereocenters. The number of imidazole rings is 1. The van der Waals surface area contributed by atoms with Gasteiger partial charge in [0.1, 0.15) is 24.6 Å². The minimum atomic E-state index is -5.71. The van der Waals surface area contributed by atoms with E-state index in [0.29, 0.717) is 0 Å². The van der Waals surface area contributed by atoms with Crippen LogP contribution in [-0.2, 0) is 31.6 Å². The highest BCUT2D eigenvalue weighted by molar-refractivity contribution is 9.10. The maximum atomic E-state index is 11.8. The first-order chi connectivity index (χ1) is 14.6. The number of anilines is 1. The van der Waals surface area contributed by atoms with E-state index in [1.165, 1.54) is 4.57 Å². The molecule has 0 amide bonds. The van der Waals surface area contributed by atoms with Gasteiger partial charge < -0.3 is 40.3 Å². The van der Waals surface area contributed by atoms with Crippen LogP contribution in [0.2, 0.25) is 0 Å². The number of phosphoric ester groups is 1. The average Bonchev–Trinajstić information content (AvgIpc) is 3.08. The van der Waals surface area contributed by atoms with Crippen molar-refractivity contribution < 1.29 is 61.4 Å². The van der Waals surface area contributed by atoms with Crippen molar-refractivity contribution in [3.63, 3.8) is 0 Å². The Morgan fingerprint density at radius 3 is 2.38 bits per heavy atom. The predicted molar refractivity (Wildman–Crippen MR) is 103 cm³/mol. The first kappa shape index (κ1) is 25.7. The van der Waals surface area contributed by atoms with Crippen molar-refractivity contribution in [1.82, 2.24) is 19.5 Å². The lowest BCUT2D eigenvalue weighted by molar-refractivity contribution is -0.0513. The Hall–Kier alpha value is -0.880. The molecule has 18 nitrogen and oxygen atoms in total. The van der Waals surface area contributed by atoms with Crippen molar-refractivity contribution in [2.75, 3.05) is 12.3 Å². The Labute approximate surface area is 185 Å². The van der Waals surface area contributed by atoms with Crippen LogP contribution >= 0.6 is 39.4 Å². The third-order valence-corrected chi connectivity index (χ3v) is 8.23. The van der Waals surface area contributed by atoms with Crippen LogP contribution in [0.4, 0.5) is 5.82 Å². The molecule has 1 saturated heterocycles. The van der Waals surface area contributed by atoms with Gasteiger partial charge in [0.05, 0.1) is 6.61 Å². The van der Waals surface area contributed by atoms with Gasteiger partial charge in [0.15, 0.2) is 27.9 Å². The monoisotopic (exact) mass is 585 g/mol. The molecule has 0 spiro atoms. The van der Waals surface area contributed by atoms with E-state index in [4.69, 9.17) is 25.2 Å². The smallest absolute Gasteiger partial charge is 0.387 e. The lowest BCUT2D eigenvalue weighted by atomic mass is 10.1. The van der Waals surface area contributed by atoms with Crippen LogP contribution in [0.1, 0.15) is 6.23 Å². The van der Waals surface area contributed by atoms with E-state index in [1.54, 1.807) is 0 Å². The van der Waals surface area contributed by atoms with Gasteiger partial charge in [-0.2, -0.15) is 8.62 Å². The molecule has 2 aromatic heterocycles. The summed E-state index contributed by atoms with van der Waals surface area (Å²) in [6.07, 6.45) is -5.03. The zero-order valence-electron chi connectivity index (χ0n) is 15.2. The number of aliphatic hydroxyl groups is 2. The summed E-state index contributed by atoms with van der Waals surface area (Å²) >= 11 is 3.13. The molecule has 8 N–H and O–H groups in total. The Kier molecular flexibility index (Phi) is 7.28. The third-order valence-electron chi connectivity index (χ3n) is 3.87. The molecule has 0 bridgehead atoms. The second-order valence-corrected chi connectivity index (χ2v) is 11.2. The number of aromatic nitrogens is 4. The molecule has 6 atom stereocenters. The van der Waals surface area contributed by atoms with Crippen LogP contribution in [0.3, 0.4) is 0 Å². The van der Waals surface area contributed by atoms with E-state index in [1.807, 2.05) is 0 Å². The van der Waals surface area contributed by atoms with Gasteiger partial charge in [0, 0.05) is 0 Å². The van der Waals surface area contributed by atoms with Crippen LogP contribution in [-0.4, -0.2) is 74.2 Å². The van der Waals surface area contributed by atoms with Gasteiger partial charge in [0.25, 0.3) is 0 Å². The highest BCUT2D eigenvalue weighted by Crippen LogP contribution is 2.66. The zero-order chi connectivity index (χ0) is 24.1. The van der Waals surface area contributed by atoms with Gasteiger partial charge in [0.2, 0.25) is 0 Å². The first-order valence-electron chi connectivity index (χ1n) is 8.04. The Morgan fingerprint density at radius 1 is 1.09 bits per heavy atom. The largest absolute Gasteiger partial charge is 0.490 e. The summed E-state index contributed by atoms with van der Waals surface area (Å²) in [5.74, 6) is 0.0201. The molecule has 3 heterocycles. The van der Waals surface area contributed by atoms with Gasteiger partial charge in [-0.15, -0.1) is 0 Å². The molecule has 22 heteroatoms. The molecule has 1 fully saturated rings. The average molecular weight is 586 g/mol. The van der Waals surface area contributed by atoms with Crippen molar-refractivity contribution in [2.24, 2.45) is 0 Å². The Balaban J connectivity index is 1.73. The van der Waals surface area contributed by atoms with E-state index < -0.39 is 54.6 Å². The quantitative estimate of drug-likeness (QED) is 0.146. The molecule has 1 aliphatic rings. The van der Waals surface area contributed by atoms with Crippen LogP contribution in [0.5, 0.6) is 0 Å². The number of nitrogens with zero attached hydrogens (tertiary/aromatic N) is 4. The normalized spacial score (nSPS) is 28.0. The fourth-order valence-electron chi connectivity index (χ4n) is 2.68. The second kappa shape index (κ2) is 9.05. The highest BCUT2D eigenvalue weighted by atomic mass is 79.9. The SMILES string of the molecule is Nc1ncnc2c1nc(Br)n2C1OC(COP(=O)(O)OP(=O)(O)OP(=O)(O)O)C(O)C1O.